The Morgan fingerprint density at radius 2 is 0.512 bits per heavy atom. The largest absolute Gasteiger partial charge is 0.207 e. The molecule has 0 saturated carbocycles. The minimum absolute atomic E-state index is 0.480. The molecule has 0 aliphatic heterocycles. The van der Waals surface area contributed by atoms with E-state index in [1.807, 2.05) is 38.1 Å². The van der Waals surface area contributed by atoms with E-state index in [0.717, 1.165) is 11.5 Å². The van der Waals surface area contributed by atoms with Crippen molar-refractivity contribution >= 4 is 55.3 Å². The molecule has 0 aromatic heterocycles. The molecule has 0 N–H and O–H groups in total. The first kappa shape index (κ1) is 64.3. The molecular formula is C54H39BF20O6Se. The van der Waals surface area contributed by atoms with Crippen LogP contribution in [0.5, 0.6) is 11.5 Å². The van der Waals surface area contributed by atoms with Gasteiger partial charge in [0.1, 0.15) is 52.7 Å². The summed E-state index contributed by atoms with van der Waals surface area (Å²) in [4.78, 5) is 0. The summed E-state index contributed by atoms with van der Waals surface area (Å²) in [6, 6.07) is 27.3. The molecule has 0 saturated heterocycles. The van der Waals surface area contributed by atoms with E-state index in [4.69, 9.17) is 28.4 Å². The summed E-state index contributed by atoms with van der Waals surface area (Å²) in [6.07, 6.45) is -7.22. The van der Waals surface area contributed by atoms with Crippen molar-refractivity contribution in [2.45, 2.75) is 13.8 Å². The van der Waals surface area contributed by atoms with E-state index >= 15 is 35.1 Å². The zero-order valence-corrected chi connectivity index (χ0v) is 43.8. The van der Waals surface area contributed by atoms with Crippen LogP contribution in [0.4, 0.5) is 87.8 Å². The van der Waals surface area contributed by atoms with Gasteiger partial charge in [0.15, 0.2) is 69.8 Å². The molecule has 0 radical (unpaired) electrons. The average Bonchev–Trinajstić information content (AvgIpc) is 1.71. The summed E-state index contributed by atoms with van der Waals surface area (Å²) in [5.74, 6) is -69.6. The number of rotatable bonds is 23. The van der Waals surface area contributed by atoms with Crippen LogP contribution in [-0.2, 0) is 18.9 Å². The second kappa shape index (κ2) is 28.4. The maximum absolute atomic E-state index is 15.4. The summed E-state index contributed by atoms with van der Waals surface area (Å²) in [7, 11) is 0. The third-order valence-electron chi connectivity index (χ3n) is 11.9. The normalized spacial score (nSPS) is 11.6. The molecule has 28 heteroatoms. The number of ether oxygens (including phenoxy) is 6. The van der Waals surface area contributed by atoms with E-state index < -0.39 is 158 Å². The van der Waals surface area contributed by atoms with E-state index in [9.17, 15) is 52.7 Å². The second-order valence-electron chi connectivity index (χ2n) is 16.6. The Morgan fingerprint density at radius 3 is 0.793 bits per heavy atom. The molecule has 6 nitrogen and oxygen atoms in total. The van der Waals surface area contributed by atoms with Gasteiger partial charge >= 0.3 is 226 Å². The molecule has 0 aliphatic rings. The van der Waals surface area contributed by atoms with Crippen molar-refractivity contribution in [2.24, 2.45) is 0 Å². The van der Waals surface area contributed by atoms with Crippen LogP contribution in [0.25, 0.3) is 0 Å². The Bertz CT molecular complexity index is 2960. The van der Waals surface area contributed by atoms with Crippen LogP contribution in [0.15, 0.2) is 78.9 Å². The maximum Gasteiger partial charge on any atom is 0.200 e. The zero-order chi connectivity index (χ0) is 60.3. The number of para-hydroxylation sites is 2. The minimum atomic E-state index is -7.22. The summed E-state index contributed by atoms with van der Waals surface area (Å²) >= 11 is -1.72. The first-order valence-corrected chi connectivity index (χ1v) is 26.4. The van der Waals surface area contributed by atoms with Gasteiger partial charge in [0.25, 0.3) is 0 Å². The van der Waals surface area contributed by atoms with Gasteiger partial charge in [-0.15, -0.1) is 21.9 Å². The van der Waals surface area contributed by atoms with Gasteiger partial charge in [-0.3, -0.25) is 0 Å². The van der Waals surface area contributed by atoms with E-state index in [-0.39, 0.29) is 0 Å². The molecule has 7 aromatic rings. The molecule has 0 fully saturated rings. The fourth-order valence-electron chi connectivity index (χ4n) is 8.43. The van der Waals surface area contributed by atoms with Crippen LogP contribution >= 0.6 is 0 Å². The Balaban J connectivity index is 0.000000269. The van der Waals surface area contributed by atoms with E-state index in [1.54, 1.807) is 0 Å². The molecule has 7 aromatic carbocycles. The van der Waals surface area contributed by atoms with Crippen LogP contribution in [0.3, 0.4) is 0 Å². The molecule has 0 unspecified atom stereocenters. The van der Waals surface area contributed by atoms with Gasteiger partial charge in [-0.25, -0.2) is 87.8 Å². The predicted octanol–water partition coefficient (Wildman–Crippen LogP) is 8.91. The van der Waals surface area contributed by atoms with Crippen LogP contribution in [0.2, 0.25) is 0 Å². The summed E-state index contributed by atoms with van der Waals surface area (Å²) < 4.78 is 332. The fourth-order valence-corrected chi connectivity index (χ4v) is 13.2. The van der Waals surface area contributed by atoms with Crippen molar-refractivity contribution in [2.75, 3.05) is 66.1 Å². The Hall–Kier alpha value is -6.84. The minimum Gasteiger partial charge on any atom is -0.207 e. The molecule has 0 aliphatic carbocycles. The smallest absolute Gasteiger partial charge is 0.200 e. The molecule has 0 spiro atoms. The number of hydrogen-bond donors (Lipinski definition) is 0. The third-order valence-corrected chi connectivity index (χ3v) is 16.8. The van der Waals surface area contributed by atoms with Gasteiger partial charge in [-0.2, -0.15) is 0 Å². The van der Waals surface area contributed by atoms with Gasteiger partial charge in [0.2, 0.25) is 0 Å². The molecular weight excluding hydrogens is 1210 g/mol. The van der Waals surface area contributed by atoms with E-state index in [2.05, 4.69) is 54.6 Å². The molecule has 82 heavy (non-hydrogen) atoms. The van der Waals surface area contributed by atoms with E-state index in [1.165, 1.54) is 13.4 Å². The monoisotopic (exact) mass is 1250 g/mol. The number of benzene rings is 7. The van der Waals surface area contributed by atoms with Gasteiger partial charge in [0.05, 0.1) is 0 Å². The predicted molar refractivity (Wildman–Crippen MR) is 259 cm³/mol. The van der Waals surface area contributed by atoms with Crippen LogP contribution < -0.4 is 44.7 Å². The number of hydrogen-bond acceptors (Lipinski definition) is 6. The van der Waals surface area contributed by atoms with Crippen molar-refractivity contribution in [3.63, 3.8) is 0 Å². The van der Waals surface area contributed by atoms with Crippen molar-refractivity contribution in [3.8, 4) is 11.5 Å². The quantitative estimate of drug-likeness (QED) is 0.0210. The second-order valence-corrected chi connectivity index (χ2v) is 20.7. The van der Waals surface area contributed by atoms with Crippen LogP contribution in [-0.4, -0.2) is 86.1 Å². The van der Waals surface area contributed by atoms with E-state index in [0.29, 0.717) is 66.1 Å². The molecule has 0 atom stereocenters. The Kier molecular flexibility index (Phi) is 22.3. The van der Waals surface area contributed by atoms with Gasteiger partial charge in [0, 0.05) is 0 Å². The van der Waals surface area contributed by atoms with Crippen molar-refractivity contribution in [3.05, 3.63) is 195 Å². The van der Waals surface area contributed by atoms with Crippen molar-refractivity contribution in [1.29, 1.82) is 0 Å². The summed E-state index contributed by atoms with van der Waals surface area (Å²) in [6.45, 7) is 9.69. The molecule has 0 heterocycles. The standard InChI is InChI=1S/C30H39O6Se.C24BF20/c1-3-31-18-20-33-22-24-35-27-14-8-10-16-29(27)37(26-12-6-5-7-13-26)30-17-11-9-15-28(30)36-25-23-34-21-19-32-4-2;26-5-1(6(27)14(35)21(42)13(5)34)25(2-7(28)15(36)22(43)16(37)8(2)29,3-9(30)17(38)23(44)18(39)10(3)31)4-11(32)19(40)24(45)20(41)12(4)33/h5-17H,3-4,18-25H2,1-2H3;/q+1;-1. The Labute approximate surface area is 456 Å². The fraction of sp³-hybridized carbons (Fsp3) is 0.222. The van der Waals surface area contributed by atoms with Crippen molar-refractivity contribution in [1.82, 2.24) is 0 Å². The first-order valence-electron chi connectivity index (χ1n) is 23.8. The van der Waals surface area contributed by atoms with Gasteiger partial charge in [-0.05, 0) is 0 Å². The molecule has 0 bridgehead atoms. The summed E-state index contributed by atoms with van der Waals surface area (Å²) in [5, 5.41) is 0. The molecule has 440 valence electrons. The molecule has 7 rings (SSSR count). The average molecular weight is 1250 g/mol. The first-order chi connectivity index (χ1) is 39.0. The molecule has 0 amide bonds. The van der Waals surface area contributed by atoms with Crippen LogP contribution in [0.1, 0.15) is 13.8 Å². The summed E-state index contributed by atoms with van der Waals surface area (Å²) in [5.41, 5.74) is -14.3. The van der Waals surface area contributed by atoms with Crippen molar-refractivity contribution < 1.29 is 116 Å². The zero-order valence-electron chi connectivity index (χ0n) is 42.1. The van der Waals surface area contributed by atoms with Crippen LogP contribution in [0, 0.1) is 116 Å². The third kappa shape index (κ3) is 12.7. The topological polar surface area (TPSA) is 55.4 Å². The number of halogens is 20. The van der Waals surface area contributed by atoms with Gasteiger partial charge < -0.3 is 0 Å². The Morgan fingerprint density at radius 1 is 0.280 bits per heavy atom. The van der Waals surface area contributed by atoms with Gasteiger partial charge in [-0.1, -0.05) is 0 Å². The SMILES string of the molecule is CCOCCOCCOc1ccccc1[Se+](c1ccccc1)c1ccccc1OCCOCCOCC.Fc1c(F)c(F)c([B-](c2c(F)c(F)c(F)c(F)c2F)(c2c(F)c(F)c(F)c(F)c2F)c2c(F)c(F)c(F)c(F)c2F)c(F)c1F. The maximum atomic E-state index is 15.4.